The molecule has 0 amide bonds. The molecule has 1 N–H and O–H groups in total. The number of nitrogens with one attached hydrogen (secondary N) is 1. The van der Waals surface area contributed by atoms with Gasteiger partial charge in [0.2, 0.25) is 0 Å². The maximum Gasteiger partial charge on any atom is 0.0941 e. The second-order valence-corrected chi connectivity index (χ2v) is 2.98. The Bertz CT molecular complexity index is 230. The minimum atomic E-state index is 0.961. The molecule has 1 heterocycles. The number of hydrogen-bond donors (Lipinski definition) is 1. The Hall–Kier alpha value is -1.28. The molecule has 1 aliphatic heterocycles. The van der Waals surface area contributed by atoms with Gasteiger partial charge in [0.15, 0.2) is 0 Å². The molecule has 14 heavy (non-hydrogen) atoms. The van der Waals surface area contributed by atoms with Crippen LogP contribution < -0.4 is 5.32 Å². The summed E-state index contributed by atoms with van der Waals surface area (Å²) in [7, 11) is 1.72. The lowest BCUT2D eigenvalue weighted by Gasteiger charge is -2.11. The van der Waals surface area contributed by atoms with Gasteiger partial charge in [0, 0.05) is 19.5 Å². The van der Waals surface area contributed by atoms with Crippen molar-refractivity contribution in [2.45, 2.75) is 6.42 Å². The van der Waals surface area contributed by atoms with E-state index in [0.29, 0.717) is 0 Å². The minimum Gasteiger partial charge on any atom is -0.501 e. The van der Waals surface area contributed by atoms with E-state index in [-0.39, 0.29) is 0 Å². The fourth-order valence-electron chi connectivity index (χ4n) is 1.17. The predicted octanol–water partition coefficient (Wildman–Crippen LogP) is 2.20. The van der Waals surface area contributed by atoms with E-state index < -0.39 is 0 Å². The average molecular weight is 191 g/mol. The van der Waals surface area contributed by atoms with Gasteiger partial charge in [-0.05, 0) is 6.08 Å². The van der Waals surface area contributed by atoms with E-state index in [0.717, 1.165) is 25.3 Å². The van der Waals surface area contributed by atoms with Crippen LogP contribution in [-0.4, -0.2) is 20.2 Å². The van der Waals surface area contributed by atoms with Crippen molar-refractivity contribution in [2.75, 3.05) is 20.2 Å². The Labute approximate surface area is 85.6 Å². The summed E-state index contributed by atoms with van der Waals surface area (Å²) in [5.74, 6) is 1.11. The van der Waals surface area contributed by atoms with Gasteiger partial charge in [-0.1, -0.05) is 36.4 Å². The third-order valence-electron chi connectivity index (χ3n) is 1.95. The third kappa shape index (κ3) is 4.67. The number of methoxy groups -OCH3 is 1. The molecule has 0 saturated heterocycles. The normalized spacial score (nSPS) is 14.8. The van der Waals surface area contributed by atoms with Gasteiger partial charge in [0.25, 0.3) is 0 Å². The van der Waals surface area contributed by atoms with Crippen molar-refractivity contribution >= 4 is 0 Å². The lowest BCUT2D eigenvalue weighted by atomic mass is 10.2. The highest BCUT2D eigenvalue weighted by Gasteiger charge is 1.99. The van der Waals surface area contributed by atoms with Gasteiger partial charge in [0.05, 0.1) is 12.9 Å². The molecule has 0 atom stereocenters. The Kier molecular flexibility index (Phi) is 5.52. The topological polar surface area (TPSA) is 21.3 Å². The Morgan fingerprint density at radius 2 is 1.64 bits per heavy atom. The van der Waals surface area contributed by atoms with Crippen LogP contribution in [0.5, 0.6) is 0 Å². The van der Waals surface area contributed by atoms with Gasteiger partial charge in [0.1, 0.15) is 0 Å². The van der Waals surface area contributed by atoms with E-state index in [4.69, 9.17) is 4.74 Å². The molecule has 76 valence electrons. The number of hydrogen-bond acceptors (Lipinski definition) is 2. The van der Waals surface area contributed by atoms with Gasteiger partial charge in [-0.2, -0.15) is 0 Å². The molecule has 0 radical (unpaired) electrons. The summed E-state index contributed by atoms with van der Waals surface area (Å²) in [6.07, 6.45) is 3.11. The molecule has 1 aromatic rings. The second-order valence-electron chi connectivity index (χ2n) is 2.98. The first-order valence-electron chi connectivity index (χ1n) is 4.87. The monoisotopic (exact) mass is 191 g/mol. The quantitative estimate of drug-likeness (QED) is 0.734. The first kappa shape index (κ1) is 10.8. The van der Waals surface area contributed by atoms with Crippen LogP contribution in [0.25, 0.3) is 0 Å². The zero-order chi connectivity index (χ0) is 10.1. The molecule has 0 fully saturated rings. The van der Waals surface area contributed by atoms with E-state index in [1.807, 2.05) is 36.4 Å². The number of benzene rings is 1. The zero-order valence-electron chi connectivity index (χ0n) is 8.57. The molecule has 0 saturated carbocycles. The zero-order valence-corrected chi connectivity index (χ0v) is 8.57. The first-order chi connectivity index (χ1) is 6.93. The van der Waals surface area contributed by atoms with Crippen LogP contribution in [0.1, 0.15) is 6.42 Å². The van der Waals surface area contributed by atoms with Crippen molar-refractivity contribution in [1.29, 1.82) is 0 Å². The van der Waals surface area contributed by atoms with E-state index in [1.54, 1.807) is 7.11 Å². The van der Waals surface area contributed by atoms with Crippen LogP contribution in [0.2, 0.25) is 0 Å². The largest absolute Gasteiger partial charge is 0.501 e. The Morgan fingerprint density at radius 3 is 1.93 bits per heavy atom. The molecule has 0 bridgehead atoms. The minimum absolute atomic E-state index is 0.961. The molecule has 2 heteroatoms. The maximum absolute atomic E-state index is 5.01. The summed E-state index contributed by atoms with van der Waals surface area (Å²) in [5.41, 5.74) is 0. The van der Waals surface area contributed by atoms with Gasteiger partial charge in [-0.3, -0.25) is 0 Å². The van der Waals surface area contributed by atoms with Crippen molar-refractivity contribution in [2.24, 2.45) is 0 Å². The number of rotatable bonds is 1. The summed E-state index contributed by atoms with van der Waals surface area (Å²) >= 11 is 0. The smallest absolute Gasteiger partial charge is 0.0941 e. The maximum atomic E-state index is 5.01. The molecule has 0 unspecified atom stereocenters. The van der Waals surface area contributed by atoms with Gasteiger partial charge >= 0.3 is 0 Å². The van der Waals surface area contributed by atoms with Crippen molar-refractivity contribution in [3.05, 3.63) is 48.2 Å². The standard InChI is InChI=1S/C6H11NO.C6H6/c1-8-6-2-4-7-5-3-6;1-2-4-6-5-3-1/h2,7H,3-5H2,1H3;1-6H. The summed E-state index contributed by atoms with van der Waals surface area (Å²) in [6, 6.07) is 12.0. The van der Waals surface area contributed by atoms with Crippen LogP contribution in [-0.2, 0) is 4.74 Å². The highest BCUT2D eigenvalue weighted by atomic mass is 16.5. The molecule has 2 rings (SSSR count). The van der Waals surface area contributed by atoms with Crippen LogP contribution in [0.3, 0.4) is 0 Å². The highest BCUT2D eigenvalue weighted by Crippen LogP contribution is 2.02. The lowest BCUT2D eigenvalue weighted by molar-refractivity contribution is 0.269. The molecule has 2 nitrogen and oxygen atoms in total. The van der Waals surface area contributed by atoms with E-state index >= 15 is 0 Å². The summed E-state index contributed by atoms with van der Waals surface area (Å²) in [4.78, 5) is 0. The predicted molar refractivity (Wildman–Crippen MR) is 59.0 cm³/mol. The number of ether oxygens (including phenoxy) is 1. The third-order valence-corrected chi connectivity index (χ3v) is 1.95. The summed E-state index contributed by atoms with van der Waals surface area (Å²) in [5, 5.41) is 3.19. The van der Waals surface area contributed by atoms with Crippen LogP contribution >= 0.6 is 0 Å². The van der Waals surface area contributed by atoms with Crippen molar-refractivity contribution in [3.8, 4) is 0 Å². The highest BCUT2D eigenvalue weighted by molar-refractivity contribution is 4.99. The van der Waals surface area contributed by atoms with Crippen LogP contribution in [0.15, 0.2) is 48.2 Å². The van der Waals surface area contributed by atoms with Crippen molar-refractivity contribution in [1.82, 2.24) is 5.32 Å². The first-order valence-corrected chi connectivity index (χ1v) is 4.87. The molecule has 0 spiro atoms. The van der Waals surface area contributed by atoms with E-state index in [1.165, 1.54) is 0 Å². The Balaban J connectivity index is 0.000000146. The molecule has 0 aromatic heterocycles. The summed E-state index contributed by atoms with van der Waals surface area (Å²) in [6.45, 7) is 2.02. The van der Waals surface area contributed by atoms with E-state index in [2.05, 4.69) is 11.4 Å². The SMILES string of the molecule is COC1=CCNCC1.c1ccccc1. The van der Waals surface area contributed by atoms with Crippen molar-refractivity contribution < 1.29 is 4.74 Å². The van der Waals surface area contributed by atoms with Gasteiger partial charge in [-0.25, -0.2) is 0 Å². The molecule has 0 aliphatic carbocycles. The fourth-order valence-corrected chi connectivity index (χ4v) is 1.17. The van der Waals surface area contributed by atoms with Crippen LogP contribution in [0, 0.1) is 0 Å². The van der Waals surface area contributed by atoms with Gasteiger partial charge < -0.3 is 10.1 Å². The second kappa shape index (κ2) is 7.15. The average Bonchev–Trinajstić information content (AvgIpc) is 2.33. The summed E-state index contributed by atoms with van der Waals surface area (Å²) < 4.78 is 5.01. The molecule has 1 aliphatic rings. The molecular formula is C12H17NO. The van der Waals surface area contributed by atoms with Gasteiger partial charge in [-0.15, -0.1) is 0 Å². The van der Waals surface area contributed by atoms with Crippen molar-refractivity contribution in [3.63, 3.8) is 0 Å². The lowest BCUT2D eigenvalue weighted by Crippen LogP contribution is -2.20. The van der Waals surface area contributed by atoms with E-state index in [9.17, 15) is 0 Å². The molecule has 1 aromatic carbocycles. The Morgan fingerprint density at radius 1 is 1.07 bits per heavy atom. The fraction of sp³-hybridized carbons (Fsp3) is 0.333. The molecular weight excluding hydrogens is 174 g/mol. The van der Waals surface area contributed by atoms with Crippen LogP contribution in [0.4, 0.5) is 0 Å².